The van der Waals surface area contributed by atoms with Crippen LogP contribution in [0.1, 0.15) is 105 Å². The molecule has 0 saturated carbocycles. The largest absolute Gasteiger partial charge is 0.0654 e. The van der Waals surface area contributed by atoms with Gasteiger partial charge in [0.25, 0.3) is 0 Å². The van der Waals surface area contributed by atoms with Gasteiger partial charge in [-0.05, 0) is 45.4 Å². The Hall–Kier alpha value is -0.780. The summed E-state index contributed by atoms with van der Waals surface area (Å²) in [6.45, 7) is 20.8. The molecule has 125 valence electrons. The molecule has 0 aliphatic heterocycles. The van der Waals surface area contributed by atoms with Crippen LogP contribution in [0.3, 0.4) is 0 Å². The molecule has 0 heteroatoms. The Kier molecular flexibility index (Phi) is 5.93. The third-order valence-electron chi connectivity index (χ3n) is 4.67. The molecule has 0 heterocycles. The second kappa shape index (κ2) is 6.77. The average Bonchev–Trinajstić information content (AvgIpc) is 2.36. The fraction of sp³-hybridized carbons (Fsp3) is 0.727. The zero-order chi connectivity index (χ0) is 17.2. The molecule has 0 nitrogen and oxygen atoms in total. The van der Waals surface area contributed by atoms with Crippen LogP contribution in [0.2, 0.25) is 0 Å². The van der Waals surface area contributed by atoms with Crippen molar-refractivity contribution in [1.29, 1.82) is 0 Å². The van der Waals surface area contributed by atoms with E-state index < -0.39 is 0 Å². The Morgan fingerprint density at radius 1 is 0.773 bits per heavy atom. The van der Waals surface area contributed by atoms with E-state index in [9.17, 15) is 0 Å². The van der Waals surface area contributed by atoms with Gasteiger partial charge in [-0.2, -0.15) is 0 Å². The van der Waals surface area contributed by atoms with Gasteiger partial charge in [0.15, 0.2) is 0 Å². The predicted octanol–water partition coefficient (Wildman–Crippen LogP) is 6.94. The first kappa shape index (κ1) is 19.3. The van der Waals surface area contributed by atoms with Crippen LogP contribution in [-0.2, 0) is 16.2 Å². The zero-order valence-electron chi connectivity index (χ0n) is 16.5. The number of hydrogen-bond donors (Lipinski definition) is 0. The number of rotatable bonds is 5. The predicted molar refractivity (Wildman–Crippen MR) is 99.8 cm³/mol. The fourth-order valence-corrected chi connectivity index (χ4v) is 2.73. The van der Waals surface area contributed by atoms with E-state index >= 15 is 0 Å². The van der Waals surface area contributed by atoms with Crippen molar-refractivity contribution in [3.8, 4) is 0 Å². The summed E-state index contributed by atoms with van der Waals surface area (Å²) in [5.41, 5.74) is 4.71. The van der Waals surface area contributed by atoms with Crippen molar-refractivity contribution in [2.24, 2.45) is 0 Å². The molecule has 1 aromatic carbocycles. The molecule has 0 saturated heterocycles. The van der Waals surface area contributed by atoms with E-state index in [4.69, 9.17) is 0 Å². The third kappa shape index (κ3) is 5.14. The Bertz CT molecular complexity index is 445. The summed E-state index contributed by atoms with van der Waals surface area (Å²) in [4.78, 5) is 0. The highest BCUT2D eigenvalue weighted by molar-refractivity contribution is 5.39. The molecule has 1 rings (SSSR count). The topological polar surface area (TPSA) is 0 Å². The lowest BCUT2D eigenvalue weighted by Crippen LogP contribution is -2.22. The van der Waals surface area contributed by atoms with Gasteiger partial charge >= 0.3 is 0 Å². The number of hydrogen-bond acceptors (Lipinski definition) is 0. The lowest BCUT2D eigenvalue weighted by molar-refractivity contribution is 0.446. The summed E-state index contributed by atoms with van der Waals surface area (Å²) >= 11 is 0. The summed E-state index contributed by atoms with van der Waals surface area (Å²) in [6.07, 6.45) is 5.20. The molecule has 0 aliphatic carbocycles. The summed E-state index contributed by atoms with van der Waals surface area (Å²) in [5, 5.41) is 0. The van der Waals surface area contributed by atoms with Crippen molar-refractivity contribution in [1.82, 2.24) is 0 Å². The van der Waals surface area contributed by atoms with Crippen molar-refractivity contribution in [3.63, 3.8) is 0 Å². The van der Waals surface area contributed by atoms with E-state index in [1.54, 1.807) is 0 Å². The van der Waals surface area contributed by atoms with Crippen LogP contribution in [0.15, 0.2) is 12.1 Å². The summed E-state index contributed by atoms with van der Waals surface area (Å²) in [6, 6.07) is 8.51. The zero-order valence-corrected chi connectivity index (χ0v) is 16.5. The molecule has 0 amide bonds. The van der Waals surface area contributed by atoms with E-state index in [1.807, 2.05) is 0 Å². The summed E-state index contributed by atoms with van der Waals surface area (Å²) in [7, 11) is 0. The van der Waals surface area contributed by atoms with Crippen molar-refractivity contribution in [2.45, 2.75) is 104 Å². The Labute approximate surface area is 139 Å². The standard InChI is InChI=1S/C22H37/c1-10-11-12-13-22(8,9)19-15-17(20(2,3)4)14-18(16-19)21(5,6)7/h15-16H,10-13H2,1-9H3. The Morgan fingerprint density at radius 2 is 1.23 bits per heavy atom. The van der Waals surface area contributed by atoms with Crippen LogP contribution in [0.5, 0.6) is 0 Å². The van der Waals surface area contributed by atoms with Crippen LogP contribution in [-0.4, -0.2) is 0 Å². The first-order valence-electron chi connectivity index (χ1n) is 8.97. The van der Waals surface area contributed by atoms with Gasteiger partial charge < -0.3 is 0 Å². The minimum Gasteiger partial charge on any atom is -0.0654 e. The number of benzene rings is 1. The first-order valence-corrected chi connectivity index (χ1v) is 8.97. The van der Waals surface area contributed by atoms with E-state index in [0.717, 1.165) is 0 Å². The quantitative estimate of drug-likeness (QED) is 0.517. The summed E-state index contributed by atoms with van der Waals surface area (Å²) in [5.74, 6) is 0. The molecule has 0 atom stereocenters. The summed E-state index contributed by atoms with van der Waals surface area (Å²) < 4.78 is 0. The second-order valence-corrected chi connectivity index (χ2v) is 9.54. The van der Waals surface area contributed by atoms with E-state index in [2.05, 4.69) is 80.5 Å². The highest BCUT2D eigenvalue weighted by atomic mass is 14.3. The number of unbranched alkanes of at least 4 members (excludes halogenated alkanes) is 2. The van der Waals surface area contributed by atoms with Crippen molar-refractivity contribution in [3.05, 3.63) is 34.9 Å². The Balaban J connectivity index is 3.29. The van der Waals surface area contributed by atoms with Gasteiger partial charge in [0.2, 0.25) is 0 Å². The van der Waals surface area contributed by atoms with Crippen LogP contribution >= 0.6 is 0 Å². The molecule has 0 bridgehead atoms. The molecule has 0 N–H and O–H groups in total. The van der Waals surface area contributed by atoms with Crippen molar-refractivity contribution in [2.75, 3.05) is 0 Å². The highest BCUT2D eigenvalue weighted by Gasteiger charge is 2.26. The maximum atomic E-state index is 3.70. The lowest BCUT2D eigenvalue weighted by atomic mass is 9.73. The van der Waals surface area contributed by atoms with Crippen LogP contribution in [0.4, 0.5) is 0 Å². The van der Waals surface area contributed by atoms with Gasteiger partial charge in [-0.1, -0.05) is 93.7 Å². The molecule has 0 aromatic heterocycles. The first-order chi connectivity index (χ1) is 9.88. The minimum atomic E-state index is 0.148. The average molecular weight is 302 g/mol. The van der Waals surface area contributed by atoms with Gasteiger partial charge in [-0.25, -0.2) is 0 Å². The monoisotopic (exact) mass is 301 g/mol. The maximum Gasteiger partial charge on any atom is -0.0103 e. The van der Waals surface area contributed by atoms with Gasteiger partial charge in [0.1, 0.15) is 0 Å². The lowest BCUT2D eigenvalue weighted by Gasteiger charge is -2.31. The van der Waals surface area contributed by atoms with Crippen molar-refractivity contribution < 1.29 is 0 Å². The third-order valence-corrected chi connectivity index (χ3v) is 4.67. The van der Waals surface area contributed by atoms with Gasteiger partial charge in [-0.15, -0.1) is 0 Å². The molecular formula is C22H37. The molecule has 0 unspecified atom stereocenters. The normalized spacial score (nSPS) is 13.5. The van der Waals surface area contributed by atoms with Crippen LogP contribution < -0.4 is 0 Å². The van der Waals surface area contributed by atoms with Gasteiger partial charge in [0, 0.05) is 0 Å². The second-order valence-electron chi connectivity index (χ2n) is 9.54. The minimum absolute atomic E-state index is 0.148. The van der Waals surface area contributed by atoms with Crippen LogP contribution in [0, 0.1) is 6.07 Å². The molecule has 1 aromatic rings. The SMILES string of the molecule is CCCCCC(C)(C)c1cc(C(C)(C)C)[c]c(C(C)(C)C)c1. The molecule has 1 radical (unpaired) electrons. The Morgan fingerprint density at radius 3 is 1.59 bits per heavy atom. The molecule has 0 spiro atoms. The molecule has 0 aliphatic rings. The fourth-order valence-electron chi connectivity index (χ4n) is 2.73. The van der Waals surface area contributed by atoms with E-state index in [0.29, 0.717) is 0 Å². The van der Waals surface area contributed by atoms with Crippen LogP contribution in [0.25, 0.3) is 0 Å². The molecule has 0 fully saturated rings. The van der Waals surface area contributed by atoms with E-state index in [1.165, 1.54) is 42.4 Å². The van der Waals surface area contributed by atoms with Crippen molar-refractivity contribution >= 4 is 0 Å². The molecular weight excluding hydrogens is 264 g/mol. The smallest absolute Gasteiger partial charge is 0.0103 e. The van der Waals surface area contributed by atoms with E-state index in [-0.39, 0.29) is 16.2 Å². The van der Waals surface area contributed by atoms with Gasteiger partial charge in [0.05, 0.1) is 0 Å². The maximum absolute atomic E-state index is 3.70. The van der Waals surface area contributed by atoms with Gasteiger partial charge in [-0.3, -0.25) is 0 Å². The highest BCUT2D eigenvalue weighted by Crippen LogP contribution is 2.36. The molecule has 22 heavy (non-hydrogen) atoms.